The maximum atomic E-state index is 12.0. The molecular formula is C17H23N3O. The van der Waals surface area contributed by atoms with E-state index in [-0.39, 0.29) is 11.8 Å². The molecule has 1 heterocycles. The normalized spacial score (nSPS) is 16.0. The van der Waals surface area contributed by atoms with Crippen LogP contribution in [0.3, 0.4) is 0 Å². The van der Waals surface area contributed by atoms with Crippen molar-refractivity contribution in [2.75, 3.05) is 0 Å². The van der Waals surface area contributed by atoms with E-state index in [1.165, 1.54) is 12.8 Å². The third-order valence-corrected chi connectivity index (χ3v) is 4.30. The highest BCUT2D eigenvalue weighted by atomic mass is 16.1. The number of aromatic nitrogens is 2. The lowest BCUT2D eigenvalue weighted by Crippen LogP contribution is -2.28. The van der Waals surface area contributed by atoms with Crippen LogP contribution in [0.4, 0.5) is 0 Å². The molecule has 1 aromatic carbocycles. The maximum Gasteiger partial charge on any atom is 0.223 e. The fraction of sp³-hybridized carbons (Fsp3) is 0.529. The van der Waals surface area contributed by atoms with Crippen LogP contribution in [0, 0.1) is 5.92 Å². The number of nitrogens with one attached hydrogen (secondary N) is 2. The van der Waals surface area contributed by atoms with Gasteiger partial charge in [-0.25, -0.2) is 4.98 Å². The number of H-pyrrole nitrogens is 1. The van der Waals surface area contributed by atoms with Crippen molar-refractivity contribution < 1.29 is 4.79 Å². The molecule has 1 aromatic heterocycles. The van der Waals surface area contributed by atoms with Crippen molar-refractivity contribution in [3.63, 3.8) is 0 Å². The van der Waals surface area contributed by atoms with Gasteiger partial charge in [0, 0.05) is 18.4 Å². The Bertz CT molecular complexity index is 639. The van der Waals surface area contributed by atoms with Crippen molar-refractivity contribution in [3.05, 3.63) is 29.6 Å². The Morgan fingerprint density at radius 2 is 2.14 bits per heavy atom. The van der Waals surface area contributed by atoms with Crippen LogP contribution in [0.25, 0.3) is 11.0 Å². The summed E-state index contributed by atoms with van der Waals surface area (Å²) >= 11 is 0. The van der Waals surface area contributed by atoms with Gasteiger partial charge in [0.15, 0.2) is 0 Å². The molecule has 0 spiro atoms. The molecule has 1 aliphatic carbocycles. The Hall–Kier alpha value is -1.84. The molecule has 0 unspecified atom stereocenters. The summed E-state index contributed by atoms with van der Waals surface area (Å²) < 4.78 is 0. The number of hydrogen-bond donors (Lipinski definition) is 2. The lowest BCUT2D eigenvalue weighted by Gasteiger charge is -2.10. The average Bonchev–Trinajstić information content (AvgIpc) is 3.13. The topological polar surface area (TPSA) is 57.8 Å². The Morgan fingerprint density at radius 3 is 2.86 bits per heavy atom. The highest BCUT2D eigenvalue weighted by Crippen LogP contribution is 2.25. The minimum Gasteiger partial charge on any atom is -0.352 e. The highest BCUT2D eigenvalue weighted by molar-refractivity contribution is 5.79. The van der Waals surface area contributed by atoms with Crippen molar-refractivity contribution in [3.8, 4) is 0 Å². The van der Waals surface area contributed by atoms with E-state index in [0.717, 1.165) is 35.3 Å². The Labute approximate surface area is 125 Å². The standard InChI is InChI=1S/C17H23N3O/c1-11(2)16-19-14-8-7-12(9-15(14)20-16)10-18-17(21)13-5-3-4-6-13/h7-9,11,13H,3-6,10H2,1-2H3,(H,18,21)(H,19,20). The van der Waals surface area contributed by atoms with E-state index < -0.39 is 0 Å². The third-order valence-electron chi connectivity index (χ3n) is 4.30. The van der Waals surface area contributed by atoms with E-state index in [0.29, 0.717) is 12.5 Å². The summed E-state index contributed by atoms with van der Waals surface area (Å²) in [5.74, 6) is 1.84. The number of aromatic amines is 1. The first-order chi connectivity index (χ1) is 10.1. The summed E-state index contributed by atoms with van der Waals surface area (Å²) in [4.78, 5) is 20.0. The molecule has 21 heavy (non-hydrogen) atoms. The van der Waals surface area contributed by atoms with E-state index in [2.05, 4.69) is 35.2 Å². The number of rotatable bonds is 4. The van der Waals surface area contributed by atoms with Crippen molar-refractivity contribution in [1.29, 1.82) is 0 Å². The van der Waals surface area contributed by atoms with E-state index in [1.54, 1.807) is 0 Å². The molecule has 1 aliphatic rings. The largest absolute Gasteiger partial charge is 0.352 e. The van der Waals surface area contributed by atoms with Crippen molar-refractivity contribution in [2.45, 2.75) is 52.0 Å². The molecule has 4 nitrogen and oxygen atoms in total. The number of benzene rings is 1. The predicted octanol–water partition coefficient (Wildman–Crippen LogP) is 3.49. The molecule has 0 aliphatic heterocycles. The number of hydrogen-bond acceptors (Lipinski definition) is 2. The first-order valence-corrected chi connectivity index (χ1v) is 7.90. The molecule has 2 aromatic rings. The van der Waals surface area contributed by atoms with Gasteiger partial charge in [-0.2, -0.15) is 0 Å². The van der Waals surface area contributed by atoms with Crippen LogP contribution in [0.5, 0.6) is 0 Å². The molecule has 0 saturated heterocycles. The second-order valence-electron chi connectivity index (χ2n) is 6.33. The molecule has 0 radical (unpaired) electrons. The van der Waals surface area contributed by atoms with Gasteiger partial charge in [-0.15, -0.1) is 0 Å². The molecule has 2 N–H and O–H groups in total. The molecule has 1 amide bonds. The van der Waals surface area contributed by atoms with Gasteiger partial charge in [-0.3, -0.25) is 4.79 Å². The number of imidazole rings is 1. The molecule has 1 fully saturated rings. The summed E-state index contributed by atoms with van der Waals surface area (Å²) in [5, 5.41) is 3.06. The molecule has 0 atom stereocenters. The zero-order chi connectivity index (χ0) is 14.8. The fourth-order valence-corrected chi connectivity index (χ4v) is 2.98. The maximum absolute atomic E-state index is 12.0. The molecular weight excluding hydrogens is 262 g/mol. The van der Waals surface area contributed by atoms with E-state index >= 15 is 0 Å². The molecule has 112 valence electrons. The van der Waals surface area contributed by atoms with E-state index in [4.69, 9.17) is 0 Å². The van der Waals surface area contributed by atoms with Gasteiger partial charge in [0.25, 0.3) is 0 Å². The van der Waals surface area contributed by atoms with Crippen LogP contribution in [-0.2, 0) is 11.3 Å². The summed E-state index contributed by atoms with van der Waals surface area (Å²) in [6, 6.07) is 6.15. The molecule has 4 heteroatoms. The predicted molar refractivity (Wildman–Crippen MR) is 84.0 cm³/mol. The number of amides is 1. The Morgan fingerprint density at radius 1 is 1.38 bits per heavy atom. The van der Waals surface area contributed by atoms with Crippen LogP contribution in [0.1, 0.15) is 56.8 Å². The van der Waals surface area contributed by atoms with Crippen molar-refractivity contribution >= 4 is 16.9 Å². The van der Waals surface area contributed by atoms with E-state index in [1.807, 2.05) is 12.1 Å². The number of carbonyl (C=O) groups excluding carboxylic acids is 1. The van der Waals surface area contributed by atoms with Gasteiger partial charge in [0.1, 0.15) is 5.82 Å². The molecule has 0 bridgehead atoms. The Balaban J connectivity index is 1.67. The van der Waals surface area contributed by atoms with Crippen molar-refractivity contribution in [2.24, 2.45) is 5.92 Å². The van der Waals surface area contributed by atoms with Gasteiger partial charge in [0.2, 0.25) is 5.91 Å². The van der Waals surface area contributed by atoms with Crippen LogP contribution < -0.4 is 5.32 Å². The quantitative estimate of drug-likeness (QED) is 0.903. The number of carbonyl (C=O) groups is 1. The molecule has 1 saturated carbocycles. The summed E-state index contributed by atoms with van der Waals surface area (Å²) in [6.07, 6.45) is 4.47. The zero-order valence-corrected chi connectivity index (χ0v) is 12.8. The fourth-order valence-electron chi connectivity index (χ4n) is 2.98. The monoisotopic (exact) mass is 285 g/mol. The lowest BCUT2D eigenvalue weighted by molar-refractivity contribution is -0.124. The zero-order valence-electron chi connectivity index (χ0n) is 12.8. The number of nitrogens with zero attached hydrogens (tertiary/aromatic N) is 1. The Kier molecular flexibility index (Phi) is 3.95. The van der Waals surface area contributed by atoms with Gasteiger partial charge >= 0.3 is 0 Å². The first-order valence-electron chi connectivity index (χ1n) is 7.90. The van der Waals surface area contributed by atoms with Gasteiger partial charge in [-0.05, 0) is 30.5 Å². The summed E-state index contributed by atoms with van der Waals surface area (Å²) in [7, 11) is 0. The third kappa shape index (κ3) is 3.09. The van der Waals surface area contributed by atoms with Gasteiger partial charge in [0.05, 0.1) is 11.0 Å². The van der Waals surface area contributed by atoms with Crippen molar-refractivity contribution in [1.82, 2.24) is 15.3 Å². The second-order valence-corrected chi connectivity index (χ2v) is 6.33. The summed E-state index contributed by atoms with van der Waals surface area (Å²) in [5.41, 5.74) is 3.16. The smallest absolute Gasteiger partial charge is 0.223 e. The summed E-state index contributed by atoms with van der Waals surface area (Å²) in [6.45, 7) is 4.85. The van der Waals surface area contributed by atoms with Crippen LogP contribution in [0.2, 0.25) is 0 Å². The van der Waals surface area contributed by atoms with Gasteiger partial charge < -0.3 is 10.3 Å². The van der Waals surface area contributed by atoms with Crippen LogP contribution >= 0.6 is 0 Å². The minimum atomic E-state index is 0.208. The molecule has 3 rings (SSSR count). The van der Waals surface area contributed by atoms with Crippen LogP contribution in [-0.4, -0.2) is 15.9 Å². The average molecular weight is 285 g/mol. The van der Waals surface area contributed by atoms with Crippen LogP contribution in [0.15, 0.2) is 18.2 Å². The van der Waals surface area contributed by atoms with Gasteiger partial charge in [-0.1, -0.05) is 32.8 Å². The van der Waals surface area contributed by atoms with E-state index in [9.17, 15) is 4.79 Å². The minimum absolute atomic E-state index is 0.208. The lowest BCUT2D eigenvalue weighted by atomic mass is 10.1. The number of fused-ring (bicyclic) bond motifs is 1. The highest BCUT2D eigenvalue weighted by Gasteiger charge is 2.22. The SMILES string of the molecule is CC(C)c1nc2ccc(CNC(=O)C3CCCC3)cc2[nH]1. The first kappa shape index (κ1) is 14.1. The second kappa shape index (κ2) is 5.88.